The van der Waals surface area contributed by atoms with Crippen LogP contribution in [0.4, 0.5) is 5.69 Å². The van der Waals surface area contributed by atoms with Crippen molar-refractivity contribution in [3.63, 3.8) is 0 Å². The molecule has 1 heterocycles. The van der Waals surface area contributed by atoms with Crippen LogP contribution < -0.4 is 10.6 Å². The molecule has 9 nitrogen and oxygen atoms in total. The molecule has 0 aromatic heterocycles. The summed E-state index contributed by atoms with van der Waals surface area (Å²) in [6.07, 6.45) is 0. The molecule has 1 aliphatic rings. The fourth-order valence-electron chi connectivity index (χ4n) is 2.69. The van der Waals surface area contributed by atoms with Gasteiger partial charge in [0, 0.05) is 20.6 Å². The van der Waals surface area contributed by atoms with Crippen LogP contribution in [-0.2, 0) is 9.53 Å². The number of benzene rings is 1. The predicted octanol–water partition coefficient (Wildman–Crippen LogP) is 2.46. The summed E-state index contributed by atoms with van der Waals surface area (Å²) in [5.41, 5.74) is 0.158. The summed E-state index contributed by atoms with van der Waals surface area (Å²) in [5, 5.41) is 13.2. The van der Waals surface area contributed by atoms with Crippen molar-refractivity contribution in [3.8, 4) is 0 Å². The number of halogens is 1. The summed E-state index contributed by atoms with van der Waals surface area (Å²) >= 11 is 6.22. The van der Waals surface area contributed by atoms with Crippen molar-refractivity contribution < 1.29 is 19.1 Å². The maximum absolute atomic E-state index is 12.8. The number of ether oxygens (including phenoxy) is 1. The fourth-order valence-corrected chi connectivity index (χ4v) is 2.89. The zero-order valence-corrected chi connectivity index (χ0v) is 17.0. The molecule has 0 fully saturated rings. The van der Waals surface area contributed by atoms with Crippen LogP contribution in [0.15, 0.2) is 33.9 Å². The second kappa shape index (κ2) is 8.83. The number of rotatable bonds is 7. The summed E-state index contributed by atoms with van der Waals surface area (Å²) in [5.74, 6) is -1.27. The van der Waals surface area contributed by atoms with Crippen LogP contribution in [0.5, 0.6) is 0 Å². The van der Waals surface area contributed by atoms with Crippen LogP contribution in [0, 0.1) is 5.92 Å². The van der Waals surface area contributed by atoms with E-state index in [1.165, 1.54) is 26.3 Å². The Balaban J connectivity index is 2.57. The van der Waals surface area contributed by atoms with Gasteiger partial charge in [0.05, 0.1) is 23.3 Å². The molecule has 0 unspecified atom stereocenters. The topological polar surface area (TPSA) is 112 Å². The Bertz CT molecular complexity index is 873. The SMILES string of the molecule is CNC(=O)/C(N=Nc1c(Cl)ccc2c1C(=O)N(CC(C)C)C2=O)=C(\NC)OC. The standard InChI is InChI=1S/C18H22ClN5O4/c1-9(2)8-24-17(26)10-6-7-11(19)13(12(10)18(24)27)22-23-14(15(25)20-3)16(21-4)28-5/h6-7,9,21H,8H2,1-5H3,(H,20,25)/b16-14-,23-22?. The average molecular weight is 408 g/mol. The number of hydrogen-bond donors (Lipinski definition) is 2. The van der Waals surface area contributed by atoms with Crippen molar-refractivity contribution in [2.75, 3.05) is 27.7 Å². The fraction of sp³-hybridized carbons (Fsp3) is 0.389. The smallest absolute Gasteiger partial charge is 0.277 e. The number of likely N-dealkylation sites (N-methyl/N-ethyl adjacent to an activating group) is 1. The van der Waals surface area contributed by atoms with Crippen LogP contribution in [0.1, 0.15) is 34.6 Å². The maximum atomic E-state index is 12.8. The van der Waals surface area contributed by atoms with Crippen molar-refractivity contribution in [3.05, 3.63) is 39.9 Å². The van der Waals surface area contributed by atoms with E-state index < -0.39 is 17.7 Å². The zero-order chi connectivity index (χ0) is 21.0. The molecule has 0 saturated carbocycles. The Hall–Kier alpha value is -2.94. The molecule has 10 heteroatoms. The molecule has 1 aromatic carbocycles. The van der Waals surface area contributed by atoms with E-state index in [9.17, 15) is 14.4 Å². The molecule has 1 aromatic rings. The number of methoxy groups -OCH3 is 1. The minimum Gasteiger partial charge on any atom is -0.481 e. The van der Waals surface area contributed by atoms with E-state index in [0.29, 0.717) is 0 Å². The Kier molecular flexibility index (Phi) is 6.74. The highest BCUT2D eigenvalue weighted by atomic mass is 35.5. The first-order valence-electron chi connectivity index (χ1n) is 8.55. The molecule has 0 bridgehead atoms. The van der Waals surface area contributed by atoms with Gasteiger partial charge in [0.15, 0.2) is 0 Å². The van der Waals surface area contributed by atoms with E-state index in [4.69, 9.17) is 16.3 Å². The Morgan fingerprint density at radius 1 is 1.21 bits per heavy atom. The highest BCUT2D eigenvalue weighted by molar-refractivity contribution is 6.35. The number of fused-ring (bicyclic) bond motifs is 1. The molecule has 0 aliphatic carbocycles. The first-order chi connectivity index (χ1) is 13.3. The summed E-state index contributed by atoms with van der Waals surface area (Å²) in [7, 11) is 4.35. The molecule has 0 saturated heterocycles. The van der Waals surface area contributed by atoms with Gasteiger partial charge in [0.1, 0.15) is 5.69 Å². The molecular formula is C18H22ClN5O4. The molecule has 0 spiro atoms. The molecule has 1 aliphatic heterocycles. The number of imide groups is 1. The van der Waals surface area contributed by atoms with Gasteiger partial charge in [-0.05, 0) is 18.1 Å². The van der Waals surface area contributed by atoms with Gasteiger partial charge in [0.25, 0.3) is 17.7 Å². The van der Waals surface area contributed by atoms with Gasteiger partial charge >= 0.3 is 0 Å². The number of nitrogens with one attached hydrogen (secondary N) is 2. The van der Waals surface area contributed by atoms with Crippen LogP contribution in [-0.4, -0.2) is 50.4 Å². The molecule has 3 amide bonds. The van der Waals surface area contributed by atoms with Crippen LogP contribution in [0.2, 0.25) is 5.02 Å². The summed E-state index contributed by atoms with van der Waals surface area (Å²) in [6.45, 7) is 4.08. The average Bonchev–Trinajstić information content (AvgIpc) is 2.90. The van der Waals surface area contributed by atoms with E-state index in [0.717, 1.165) is 4.90 Å². The molecular weight excluding hydrogens is 386 g/mol. The maximum Gasteiger partial charge on any atom is 0.277 e. The first kappa shape index (κ1) is 21.4. The summed E-state index contributed by atoms with van der Waals surface area (Å²) in [6, 6.07) is 2.96. The second-order valence-electron chi connectivity index (χ2n) is 6.34. The molecule has 28 heavy (non-hydrogen) atoms. The lowest BCUT2D eigenvalue weighted by Crippen LogP contribution is -2.33. The van der Waals surface area contributed by atoms with E-state index >= 15 is 0 Å². The third-order valence-electron chi connectivity index (χ3n) is 3.95. The summed E-state index contributed by atoms with van der Waals surface area (Å²) in [4.78, 5) is 38.7. The largest absolute Gasteiger partial charge is 0.481 e. The molecule has 2 N–H and O–H groups in total. The highest BCUT2D eigenvalue weighted by Gasteiger charge is 2.38. The molecule has 0 radical (unpaired) electrons. The van der Waals surface area contributed by atoms with Gasteiger partial charge in [-0.1, -0.05) is 25.4 Å². The lowest BCUT2D eigenvalue weighted by Gasteiger charge is -2.15. The number of hydrogen-bond acceptors (Lipinski definition) is 7. The third-order valence-corrected chi connectivity index (χ3v) is 4.25. The minimum absolute atomic E-state index is 0.0248. The molecule has 150 valence electrons. The predicted molar refractivity (Wildman–Crippen MR) is 103 cm³/mol. The van der Waals surface area contributed by atoms with Gasteiger partial charge in [0.2, 0.25) is 11.6 Å². The van der Waals surface area contributed by atoms with Crippen molar-refractivity contribution in [1.29, 1.82) is 0 Å². The third kappa shape index (κ3) is 3.99. The number of carbonyl (C=O) groups is 3. The minimum atomic E-state index is -0.553. The second-order valence-corrected chi connectivity index (χ2v) is 6.75. The van der Waals surface area contributed by atoms with Crippen molar-refractivity contribution >= 4 is 35.0 Å². The highest BCUT2D eigenvalue weighted by Crippen LogP contribution is 2.37. The molecule has 2 rings (SSSR count). The van der Waals surface area contributed by atoms with E-state index in [1.54, 1.807) is 7.05 Å². The van der Waals surface area contributed by atoms with Gasteiger partial charge in [-0.25, -0.2) is 0 Å². The number of carbonyl (C=O) groups excluding carboxylic acids is 3. The lowest BCUT2D eigenvalue weighted by molar-refractivity contribution is -0.117. The summed E-state index contributed by atoms with van der Waals surface area (Å²) < 4.78 is 5.09. The van der Waals surface area contributed by atoms with Crippen LogP contribution >= 0.6 is 11.6 Å². The van der Waals surface area contributed by atoms with E-state index in [2.05, 4.69) is 20.9 Å². The van der Waals surface area contributed by atoms with E-state index in [-0.39, 0.29) is 45.9 Å². The quantitative estimate of drug-likeness (QED) is 0.312. The first-order valence-corrected chi connectivity index (χ1v) is 8.93. The lowest BCUT2D eigenvalue weighted by atomic mass is 10.1. The van der Waals surface area contributed by atoms with E-state index in [1.807, 2.05) is 13.8 Å². The monoisotopic (exact) mass is 407 g/mol. The van der Waals surface area contributed by atoms with Crippen molar-refractivity contribution in [2.24, 2.45) is 16.1 Å². The van der Waals surface area contributed by atoms with Gasteiger partial charge < -0.3 is 15.4 Å². The number of nitrogens with zero attached hydrogens (tertiary/aromatic N) is 3. The van der Waals surface area contributed by atoms with Crippen molar-refractivity contribution in [2.45, 2.75) is 13.8 Å². The normalized spacial score (nSPS) is 14.5. The molecule has 0 atom stereocenters. The van der Waals surface area contributed by atoms with Gasteiger partial charge in [-0.15, -0.1) is 10.2 Å². The van der Waals surface area contributed by atoms with Gasteiger partial charge in [-0.2, -0.15) is 0 Å². The Labute approximate surface area is 167 Å². The van der Waals surface area contributed by atoms with Crippen LogP contribution in [0.25, 0.3) is 0 Å². The Morgan fingerprint density at radius 3 is 2.43 bits per heavy atom. The van der Waals surface area contributed by atoms with Gasteiger partial charge in [-0.3, -0.25) is 19.3 Å². The van der Waals surface area contributed by atoms with Crippen molar-refractivity contribution in [1.82, 2.24) is 15.5 Å². The zero-order valence-electron chi connectivity index (χ0n) is 16.3. The number of amides is 3. The Morgan fingerprint density at radius 2 is 1.89 bits per heavy atom. The van der Waals surface area contributed by atoms with Crippen LogP contribution in [0.3, 0.4) is 0 Å². The number of azo groups is 1.